The summed E-state index contributed by atoms with van der Waals surface area (Å²) >= 11 is 3.41. The van der Waals surface area contributed by atoms with Crippen LogP contribution in [0.3, 0.4) is 0 Å². The first kappa shape index (κ1) is 13.2. The van der Waals surface area contributed by atoms with Crippen molar-refractivity contribution >= 4 is 15.9 Å². The number of hydrogen-bond acceptors (Lipinski definition) is 2. The van der Waals surface area contributed by atoms with Crippen LogP contribution < -0.4 is 0 Å². The summed E-state index contributed by atoms with van der Waals surface area (Å²) < 4.78 is 0.974. The lowest BCUT2D eigenvalue weighted by molar-refractivity contribution is 0.117. The Morgan fingerprint density at radius 2 is 1.94 bits per heavy atom. The van der Waals surface area contributed by atoms with Crippen molar-refractivity contribution in [3.8, 4) is 0 Å². The van der Waals surface area contributed by atoms with Crippen LogP contribution in [0.2, 0.25) is 0 Å². The van der Waals surface area contributed by atoms with Gasteiger partial charge in [0.2, 0.25) is 0 Å². The summed E-state index contributed by atoms with van der Waals surface area (Å²) in [7, 11) is 0. The molecule has 0 bridgehead atoms. The van der Waals surface area contributed by atoms with E-state index < -0.39 is 6.10 Å². The molecular formula is C15H16BrNO. The molecule has 3 heteroatoms. The second kappa shape index (κ2) is 6.12. The van der Waals surface area contributed by atoms with Crippen LogP contribution in [0.15, 0.2) is 53.3 Å². The van der Waals surface area contributed by atoms with E-state index in [9.17, 15) is 5.11 Å². The van der Waals surface area contributed by atoms with E-state index in [0.29, 0.717) is 0 Å². The zero-order valence-electron chi connectivity index (χ0n) is 10.3. The zero-order chi connectivity index (χ0) is 13.0. The van der Waals surface area contributed by atoms with Crippen LogP contribution in [0.25, 0.3) is 0 Å². The number of pyridine rings is 1. The Morgan fingerprint density at radius 1 is 1.22 bits per heavy atom. The number of nitrogens with zero attached hydrogens (tertiary/aromatic N) is 1. The molecular weight excluding hydrogens is 290 g/mol. The number of aliphatic hydroxyl groups is 1. The first-order valence-electron chi connectivity index (χ1n) is 5.99. The van der Waals surface area contributed by atoms with Crippen LogP contribution in [0.5, 0.6) is 0 Å². The van der Waals surface area contributed by atoms with Gasteiger partial charge in [0.25, 0.3) is 0 Å². The maximum Gasteiger partial charge on any atom is 0.0818 e. The maximum atomic E-state index is 10.3. The van der Waals surface area contributed by atoms with Gasteiger partial charge in [-0.2, -0.15) is 0 Å². The minimum absolute atomic E-state index is 0.156. The SMILES string of the molecule is CC(Cc1cncc(Br)c1)C(O)c1ccccc1. The van der Waals surface area contributed by atoms with Crippen molar-refractivity contribution in [2.24, 2.45) is 5.92 Å². The molecule has 2 rings (SSSR count). The lowest BCUT2D eigenvalue weighted by atomic mass is 9.92. The van der Waals surface area contributed by atoms with Crippen molar-refractivity contribution in [2.45, 2.75) is 19.4 Å². The smallest absolute Gasteiger partial charge is 0.0818 e. The number of hydrogen-bond donors (Lipinski definition) is 1. The Bertz CT molecular complexity index is 501. The second-order valence-corrected chi connectivity index (χ2v) is 5.46. The van der Waals surface area contributed by atoms with Gasteiger partial charge < -0.3 is 5.11 Å². The zero-order valence-corrected chi connectivity index (χ0v) is 11.8. The van der Waals surface area contributed by atoms with E-state index in [4.69, 9.17) is 0 Å². The highest BCUT2D eigenvalue weighted by molar-refractivity contribution is 9.10. The summed E-state index contributed by atoms with van der Waals surface area (Å²) in [6.07, 6.45) is 3.98. The van der Waals surface area contributed by atoms with Crippen LogP contribution >= 0.6 is 15.9 Å². The predicted molar refractivity (Wildman–Crippen MR) is 76.2 cm³/mol. The van der Waals surface area contributed by atoms with Crippen LogP contribution in [-0.4, -0.2) is 10.1 Å². The normalized spacial score (nSPS) is 14.2. The molecule has 2 nitrogen and oxygen atoms in total. The molecule has 0 saturated carbocycles. The van der Waals surface area contributed by atoms with Gasteiger partial charge in [0, 0.05) is 16.9 Å². The van der Waals surface area contributed by atoms with E-state index in [1.165, 1.54) is 0 Å². The fraction of sp³-hybridized carbons (Fsp3) is 0.267. The topological polar surface area (TPSA) is 33.1 Å². The van der Waals surface area contributed by atoms with E-state index in [1.54, 1.807) is 6.20 Å². The summed E-state index contributed by atoms with van der Waals surface area (Å²) in [5.41, 5.74) is 2.10. The molecule has 0 aliphatic heterocycles. The number of rotatable bonds is 4. The van der Waals surface area contributed by atoms with Gasteiger partial charge in [-0.25, -0.2) is 0 Å². The largest absolute Gasteiger partial charge is 0.388 e. The molecule has 1 heterocycles. The molecule has 94 valence electrons. The first-order valence-corrected chi connectivity index (χ1v) is 6.78. The van der Waals surface area contributed by atoms with Gasteiger partial charge in [-0.1, -0.05) is 37.3 Å². The molecule has 1 aromatic heterocycles. The highest BCUT2D eigenvalue weighted by Gasteiger charge is 2.16. The predicted octanol–water partition coefficient (Wildman–Crippen LogP) is 3.76. The Labute approximate surface area is 116 Å². The standard InChI is InChI=1S/C15H16BrNO/c1-11(7-12-8-14(16)10-17-9-12)15(18)13-5-3-2-4-6-13/h2-6,8-11,15,18H,7H2,1H3. The quantitative estimate of drug-likeness (QED) is 0.933. The fourth-order valence-electron chi connectivity index (χ4n) is 2.03. The fourth-order valence-corrected chi connectivity index (χ4v) is 2.44. The van der Waals surface area contributed by atoms with Gasteiger partial charge in [-0.15, -0.1) is 0 Å². The van der Waals surface area contributed by atoms with Gasteiger partial charge in [0.1, 0.15) is 0 Å². The molecule has 0 radical (unpaired) electrons. The second-order valence-electron chi connectivity index (χ2n) is 4.55. The van der Waals surface area contributed by atoms with Crippen molar-refractivity contribution in [1.82, 2.24) is 4.98 Å². The van der Waals surface area contributed by atoms with Crippen molar-refractivity contribution in [2.75, 3.05) is 0 Å². The van der Waals surface area contributed by atoms with E-state index in [-0.39, 0.29) is 5.92 Å². The summed E-state index contributed by atoms with van der Waals surface area (Å²) in [6, 6.07) is 11.8. The van der Waals surface area contributed by atoms with Crippen molar-refractivity contribution in [3.05, 3.63) is 64.4 Å². The molecule has 1 N–H and O–H groups in total. The third-order valence-electron chi connectivity index (χ3n) is 3.00. The summed E-state index contributed by atoms with van der Waals surface area (Å²) in [4.78, 5) is 4.14. The molecule has 0 saturated heterocycles. The minimum Gasteiger partial charge on any atom is -0.388 e. The first-order chi connectivity index (χ1) is 8.66. The van der Waals surface area contributed by atoms with Gasteiger partial charge in [-0.3, -0.25) is 4.98 Å². The van der Waals surface area contributed by atoms with Gasteiger partial charge >= 0.3 is 0 Å². The van der Waals surface area contributed by atoms with Crippen LogP contribution in [0, 0.1) is 5.92 Å². The maximum absolute atomic E-state index is 10.3. The van der Waals surface area contributed by atoms with Gasteiger partial charge in [0.05, 0.1) is 6.10 Å². The summed E-state index contributed by atoms with van der Waals surface area (Å²) in [5, 5.41) is 10.3. The summed E-state index contributed by atoms with van der Waals surface area (Å²) in [6.45, 7) is 2.05. The Balaban J connectivity index is 2.06. The summed E-state index contributed by atoms with van der Waals surface area (Å²) in [5.74, 6) is 0.156. The lowest BCUT2D eigenvalue weighted by Gasteiger charge is -2.19. The molecule has 0 spiro atoms. The molecule has 18 heavy (non-hydrogen) atoms. The van der Waals surface area contributed by atoms with Gasteiger partial charge in [0.15, 0.2) is 0 Å². The van der Waals surface area contributed by atoms with E-state index >= 15 is 0 Å². The molecule has 0 aliphatic rings. The average Bonchev–Trinajstić information content (AvgIpc) is 2.39. The average molecular weight is 306 g/mol. The van der Waals surface area contributed by atoms with Crippen LogP contribution in [0.4, 0.5) is 0 Å². The van der Waals surface area contributed by atoms with E-state index in [0.717, 1.165) is 22.0 Å². The van der Waals surface area contributed by atoms with Crippen LogP contribution in [-0.2, 0) is 6.42 Å². The van der Waals surface area contributed by atoms with Crippen molar-refractivity contribution in [1.29, 1.82) is 0 Å². The molecule has 1 aromatic carbocycles. The molecule has 2 aromatic rings. The van der Waals surface area contributed by atoms with Crippen molar-refractivity contribution in [3.63, 3.8) is 0 Å². The highest BCUT2D eigenvalue weighted by atomic mass is 79.9. The number of halogens is 1. The monoisotopic (exact) mass is 305 g/mol. The number of aromatic nitrogens is 1. The molecule has 2 atom stereocenters. The molecule has 2 unspecified atom stereocenters. The molecule has 0 aliphatic carbocycles. The third-order valence-corrected chi connectivity index (χ3v) is 3.43. The molecule has 0 amide bonds. The Hall–Kier alpha value is -1.19. The third kappa shape index (κ3) is 3.40. The highest BCUT2D eigenvalue weighted by Crippen LogP contribution is 2.25. The Kier molecular flexibility index (Phi) is 4.50. The van der Waals surface area contributed by atoms with Crippen molar-refractivity contribution < 1.29 is 5.11 Å². The van der Waals surface area contributed by atoms with E-state index in [2.05, 4.69) is 27.8 Å². The number of aliphatic hydroxyl groups excluding tert-OH is 1. The minimum atomic E-state index is -0.440. The van der Waals surface area contributed by atoms with E-state index in [1.807, 2.05) is 42.6 Å². The molecule has 0 fully saturated rings. The number of benzene rings is 1. The van der Waals surface area contributed by atoms with Crippen LogP contribution in [0.1, 0.15) is 24.2 Å². The Morgan fingerprint density at radius 3 is 2.61 bits per heavy atom. The van der Waals surface area contributed by atoms with Gasteiger partial charge in [-0.05, 0) is 45.5 Å². The lowest BCUT2D eigenvalue weighted by Crippen LogP contribution is -2.12.